The van der Waals surface area contributed by atoms with E-state index in [1.807, 2.05) is 7.05 Å². The molecule has 0 spiro atoms. The molecule has 0 aliphatic carbocycles. The van der Waals surface area contributed by atoms with Gasteiger partial charge in [0.15, 0.2) is 11.0 Å². The summed E-state index contributed by atoms with van der Waals surface area (Å²) >= 11 is 5.97. The molecule has 1 aliphatic heterocycles. The van der Waals surface area contributed by atoms with Gasteiger partial charge in [0.1, 0.15) is 12.0 Å². The minimum absolute atomic E-state index is 0.490. The maximum atomic E-state index is 5.97. The summed E-state index contributed by atoms with van der Waals surface area (Å²) in [5.41, 5.74) is 0.830. The molecule has 1 aromatic rings. The first-order valence-electron chi connectivity index (χ1n) is 4.76. The number of rotatable bonds is 2. The fourth-order valence-electron chi connectivity index (χ4n) is 1.74. The molecule has 0 aromatic carbocycles. The lowest BCUT2D eigenvalue weighted by Crippen LogP contribution is -2.20. The van der Waals surface area contributed by atoms with Gasteiger partial charge in [-0.1, -0.05) is 11.6 Å². The van der Waals surface area contributed by atoms with Gasteiger partial charge in [-0.15, -0.1) is 0 Å². The quantitative estimate of drug-likeness (QED) is 0.759. The summed E-state index contributed by atoms with van der Waals surface area (Å²) in [5.74, 6) is 0.921. The van der Waals surface area contributed by atoms with Crippen molar-refractivity contribution in [2.24, 2.45) is 0 Å². The van der Waals surface area contributed by atoms with Crippen molar-refractivity contribution in [3.63, 3.8) is 0 Å². The summed E-state index contributed by atoms with van der Waals surface area (Å²) < 4.78 is 0. The Bertz CT molecular complexity index is 323. The molecule has 0 amide bonds. The lowest BCUT2D eigenvalue weighted by atomic mass is 10.4. The fraction of sp³-hybridized carbons (Fsp3) is 0.556. The molecular weight excluding hydrogens is 200 g/mol. The SMILES string of the molecule is CNc1c(Cl)ncnc1N1CCCC1. The molecule has 0 atom stereocenters. The molecule has 2 rings (SSSR count). The average molecular weight is 213 g/mol. The normalized spacial score (nSPS) is 16.0. The Morgan fingerprint density at radius 3 is 2.71 bits per heavy atom. The summed E-state index contributed by atoms with van der Waals surface area (Å²) in [6.07, 6.45) is 3.96. The Morgan fingerprint density at radius 1 is 1.36 bits per heavy atom. The molecule has 4 nitrogen and oxygen atoms in total. The molecule has 0 bridgehead atoms. The first-order chi connectivity index (χ1) is 6.83. The van der Waals surface area contributed by atoms with Crippen molar-refractivity contribution in [2.75, 3.05) is 30.4 Å². The molecular formula is C9H13ClN4. The van der Waals surface area contributed by atoms with E-state index in [9.17, 15) is 0 Å². The van der Waals surface area contributed by atoms with Crippen molar-refractivity contribution in [3.8, 4) is 0 Å². The van der Waals surface area contributed by atoms with Crippen molar-refractivity contribution >= 4 is 23.1 Å². The minimum Gasteiger partial charge on any atom is -0.383 e. The summed E-state index contributed by atoms with van der Waals surface area (Å²) in [6, 6.07) is 0. The van der Waals surface area contributed by atoms with Gasteiger partial charge in [-0.2, -0.15) is 0 Å². The van der Waals surface area contributed by atoms with Gasteiger partial charge in [0.2, 0.25) is 0 Å². The Kier molecular flexibility index (Phi) is 2.72. The van der Waals surface area contributed by atoms with Crippen LogP contribution in [0.3, 0.4) is 0 Å². The molecule has 1 saturated heterocycles. The van der Waals surface area contributed by atoms with E-state index < -0.39 is 0 Å². The van der Waals surface area contributed by atoms with Crippen LogP contribution in [-0.4, -0.2) is 30.1 Å². The van der Waals surface area contributed by atoms with E-state index >= 15 is 0 Å². The van der Waals surface area contributed by atoms with E-state index in [-0.39, 0.29) is 0 Å². The molecule has 0 unspecified atom stereocenters. The predicted molar refractivity (Wildman–Crippen MR) is 58.0 cm³/mol. The molecule has 2 heterocycles. The maximum absolute atomic E-state index is 5.97. The Hall–Kier alpha value is -1.03. The van der Waals surface area contributed by atoms with Crippen LogP contribution >= 0.6 is 11.6 Å². The van der Waals surface area contributed by atoms with Crippen LogP contribution in [0.5, 0.6) is 0 Å². The number of nitrogens with one attached hydrogen (secondary N) is 1. The second-order valence-electron chi connectivity index (χ2n) is 3.31. The van der Waals surface area contributed by atoms with Gasteiger partial charge in [-0.25, -0.2) is 9.97 Å². The zero-order valence-electron chi connectivity index (χ0n) is 8.13. The van der Waals surface area contributed by atoms with E-state index in [1.165, 1.54) is 19.2 Å². The molecule has 76 valence electrons. The van der Waals surface area contributed by atoms with Crippen molar-refractivity contribution in [1.29, 1.82) is 0 Å². The number of hydrogen-bond donors (Lipinski definition) is 1. The third-order valence-electron chi connectivity index (χ3n) is 2.44. The highest BCUT2D eigenvalue weighted by Gasteiger charge is 2.18. The third-order valence-corrected chi connectivity index (χ3v) is 2.72. The molecule has 5 heteroatoms. The highest BCUT2D eigenvalue weighted by molar-refractivity contribution is 6.32. The first kappa shape index (κ1) is 9.52. The van der Waals surface area contributed by atoms with Crippen LogP contribution in [0.25, 0.3) is 0 Å². The molecule has 1 N–H and O–H groups in total. The van der Waals surface area contributed by atoms with Crippen LogP contribution < -0.4 is 10.2 Å². The van der Waals surface area contributed by atoms with Crippen LogP contribution in [0.1, 0.15) is 12.8 Å². The minimum atomic E-state index is 0.490. The molecule has 1 aliphatic rings. The monoisotopic (exact) mass is 212 g/mol. The van der Waals surface area contributed by atoms with E-state index in [1.54, 1.807) is 0 Å². The number of halogens is 1. The third kappa shape index (κ3) is 1.62. The lowest BCUT2D eigenvalue weighted by Gasteiger charge is -2.19. The predicted octanol–water partition coefficient (Wildman–Crippen LogP) is 1.77. The van der Waals surface area contributed by atoms with Gasteiger partial charge in [0, 0.05) is 20.1 Å². The topological polar surface area (TPSA) is 41.1 Å². The van der Waals surface area contributed by atoms with E-state index in [4.69, 9.17) is 11.6 Å². The Morgan fingerprint density at radius 2 is 2.07 bits per heavy atom. The van der Waals surface area contributed by atoms with Gasteiger partial charge >= 0.3 is 0 Å². The van der Waals surface area contributed by atoms with Crippen molar-refractivity contribution < 1.29 is 0 Å². The highest BCUT2D eigenvalue weighted by Crippen LogP contribution is 2.30. The first-order valence-corrected chi connectivity index (χ1v) is 5.14. The van der Waals surface area contributed by atoms with Gasteiger partial charge < -0.3 is 10.2 Å². The molecule has 1 fully saturated rings. The largest absolute Gasteiger partial charge is 0.383 e. The van der Waals surface area contributed by atoms with Crippen molar-refractivity contribution in [1.82, 2.24) is 9.97 Å². The van der Waals surface area contributed by atoms with Crippen LogP contribution in [0.15, 0.2) is 6.33 Å². The Labute approximate surface area is 88.3 Å². The second-order valence-corrected chi connectivity index (χ2v) is 3.67. The van der Waals surface area contributed by atoms with Crippen LogP contribution in [0.2, 0.25) is 5.15 Å². The molecule has 0 saturated carbocycles. The Balaban J connectivity index is 2.35. The van der Waals surface area contributed by atoms with E-state index in [0.717, 1.165) is 24.6 Å². The summed E-state index contributed by atoms with van der Waals surface area (Å²) in [5, 5.41) is 3.53. The number of nitrogens with zero attached hydrogens (tertiary/aromatic N) is 3. The van der Waals surface area contributed by atoms with Gasteiger partial charge in [-0.3, -0.25) is 0 Å². The average Bonchev–Trinajstić information content (AvgIpc) is 2.70. The van der Waals surface area contributed by atoms with Crippen LogP contribution in [0, 0.1) is 0 Å². The fourth-order valence-corrected chi connectivity index (χ4v) is 1.96. The van der Waals surface area contributed by atoms with Crippen LogP contribution in [0.4, 0.5) is 11.5 Å². The second kappa shape index (κ2) is 4.00. The van der Waals surface area contributed by atoms with Crippen LogP contribution in [-0.2, 0) is 0 Å². The molecule has 0 radical (unpaired) electrons. The molecule has 1 aromatic heterocycles. The van der Waals surface area contributed by atoms with Gasteiger partial charge in [-0.05, 0) is 12.8 Å². The zero-order chi connectivity index (χ0) is 9.97. The lowest BCUT2D eigenvalue weighted by molar-refractivity contribution is 0.928. The summed E-state index contributed by atoms with van der Waals surface area (Å²) in [4.78, 5) is 10.4. The zero-order valence-corrected chi connectivity index (χ0v) is 8.88. The van der Waals surface area contributed by atoms with E-state index in [0.29, 0.717) is 5.15 Å². The highest BCUT2D eigenvalue weighted by atomic mass is 35.5. The number of anilines is 2. The van der Waals surface area contributed by atoms with Gasteiger partial charge in [0.25, 0.3) is 0 Å². The molecule has 14 heavy (non-hydrogen) atoms. The maximum Gasteiger partial charge on any atom is 0.157 e. The number of aromatic nitrogens is 2. The van der Waals surface area contributed by atoms with Crippen molar-refractivity contribution in [3.05, 3.63) is 11.5 Å². The van der Waals surface area contributed by atoms with E-state index in [2.05, 4.69) is 20.2 Å². The van der Waals surface area contributed by atoms with Crippen molar-refractivity contribution in [2.45, 2.75) is 12.8 Å². The smallest absolute Gasteiger partial charge is 0.157 e. The number of hydrogen-bond acceptors (Lipinski definition) is 4. The summed E-state index contributed by atoms with van der Waals surface area (Å²) in [6.45, 7) is 2.12. The van der Waals surface area contributed by atoms with Gasteiger partial charge in [0.05, 0.1) is 0 Å². The summed E-state index contributed by atoms with van der Waals surface area (Å²) in [7, 11) is 1.84. The standard InChI is InChI=1S/C9H13ClN4/c1-11-7-8(10)12-6-13-9(7)14-4-2-3-5-14/h6,11H,2-5H2,1H3.